The summed E-state index contributed by atoms with van der Waals surface area (Å²) < 4.78 is 0. The van der Waals surface area contributed by atoms with E-state index in [1.807, 2.05) is 37.1 Å². The first-order chi connectivity index (χ1) is 8.02. The Labute approximate surface area is 107 Å². The van der Waals surface area contributed by atoms with E-state index in [-0.39, 0.29) is 5.91 Å². The van der Waals surface area contributed by atoms with E-state index in [0.717, 1.165) is 12.1 Å². The summed E-state index contributed by atoms with van der Waals surface area (Å²) in [6.07, 6.45) is 0. The molecule has 5 heteroatoms. The van der Waals surface area contributed by atoms with Gasteiger partial charge in [-0.15, -0.1) is 0 Å². The van der Waals surface area contributed by atoms with Gasteiger partial charge in [0.15, 0.2) is 0 Å². The molecule has 0 saturated carbocycles. The van der Waals surface area contributed by atoms with Gasteiger partial charge in [0.2, 0.25) is 5.91 Å². The van der Waals surface area contributed by atoms with Crippen molar-refractivity contribution in [1.82, 2.24) is 4.90 Å². The summed E-state index contributed by atoms with van der Waals surface area (Å²) in [5.41, 5.74) is 6.99. The van der Waals surface area contributed by atoms with Crippen molar-refractivity contribution in [3.05, 3.63) is 29.8 Å². The molecule has 0 atom stereocenters. The zero-order valence-electron chi connectivity index (χ0n) is 10.1. The molecule has 0 aliphatic carbocycles. The predicted molar refractivity (Wildman–Crippen MR) is 74.1 cm³/mol. The molecule has 0 bridgehead atoms. The van der Waals surface area contributed by atoms with Crippen LogP contribution in [0, 0.1) is 0 Å². The van der Waals surface area contributed by atoms with E-state index in [1.54, 1.807) is 6.07 Å². The van der Waals surface area contributed by atoms with Gasteiger partial charge in [0.05, 0.1) is 6.54 Å². The van der Waals surface area contributed by atoms with Crippen molar-refractivity contribution in [3.8, 4) is 0 Å². The molecule has 0 fully saturated rings. The normalized spacial score (nSPS) is 10.3. The van der Waals surface area contributed by atoms with Gasteiger partial charge >= 0.3 is 0 Å². The molecule has 1 aromatic carbocycles. The Bertz CT molecular complexity index is 420. The Morgan fingerprint density at radius 3 is 2.82 bits per heavy atom. The zero-order valence-corrected chi connectivity index (χ0v) is 10.9. The van der Waals surface area contributed by atoms with Crippen LogP contribution in [-0.4, -0.2) is 35.9 Å². The number of anilines is 1. The largest absolute Gasteiger partial charge is 0.389 e. The maximum atomic E-state index is 11.6. The van der Waals surface area contributed by atoms with Gasteiger partial charge in [-0.05, 0) is 25.7 Å². The van der Waals surface area contributed by atoms with Crippen LogP contribution in [0.5, 0.6) is 0 Å². The fourth-order valence-electron chi connectivity index (χ4n) is 1.31. The third kappa shape index (κ3) is 4.50. The minimum atomic E-state index is -0.0468. The number of nitrogens with zero attached hydrogens (tertiary/aromatic N) is 1. The Balaban J connectivity index is 2.65. The number of hydrogen-bond donors (Lipinski definition) is 2. The molecule has 0 spiro atoms. The first-order valence-corrected chi connectivity index (χ1v) is 5.82. The van der Waals surface area contributed by atoms with Crippen molar-refractivity contribution in [2.45, 2.75) is 6.92 Å². The number of carbonyl (C=O) groups is 1. The lowest BCUT2D eigenvalue weighted by Crippen LogP contribution is -2.29. The SMILES string of the molecule is CCN(C)CC(=O)Nc1cccc(C(N)=S)c1. The molecule has 1 rings (SSSR count). The van der Waals surface area contributed by atoms with Crippen molar-refractivity contribution >= 4 is 28.8 Å². The van der Waals surface area contributed by atoms with Gasteiger partial charge in [-0.3, -0.25) is 9.69 Å². The molecule has 0 aromatic heterocycles. The van der Waals surface area contributed by atoms with Crippen LogP contribution in [-0.2, 0) is 4.79 Å². The summed E-state index contributed by atoms with van der Waals surface area (Å²) in [5.74, 6) is -0.0468. The molecule has 0 saturated heterocycles. The van der Waals surface area contributed by atoms with Crippen LogP contribution in [0.25, 0.3) is 0 Å². The standard InChI is InChI=1S/C12H17N3OS/c1-3-15(2)8-11(16)14-10-6-4-5-9(7-10)12(13)17/h4-7H,3,8H2,1-2H3,(H2,13,17)(H,14,16). The fourth-order valence-corrected chi connectivity index (χ4v) is 1.43. The van der Waals surface area contributed by atoms with Crippen LogP contribution < -0.4 is 11.1 Å². The highest BCUT2D eigenvalue weighted by atomic mass is 32.1. The highest BCUT2D eigenvalue weighted by Crippen LogP contribution is 2.10. The Morgan fingerprint density at radius 2 is 2.24 bits per heavy atom. The number of thiocarbonyl (C=S) groups is 1. The average Bonchev–Trinajstić information content (AvgIpc) is 2.28. The van der Waals surface area contributed by atoms with Gasteiger partial charge in [0.25, 0.3) is 0 Å². The van der Waals surface area contributed by atoms with E-state index in [2.05, 4.69) is 5.32 Å². The predicted octanol–water partition coefficient (Wildman–Crippen LogP) is 1.21. The summed E-state index contributed by atoms with van der Waals surface area (Å²) >= 11 is 4.88. The molecule has 0 unspecified atom stereocenters. The molecule has 0 heterocycles. The Kier molecular flexibility index (Phi) is 5.06. The monoisotopic (exact) mass is 251 g/mol. The molecule has 0 aliphatic rings. The molecule has 17 heavy (non-hydrogen) atoms. The lowest BCUT2D eigenvalue weighted by molar-refractivity contribution is -0.117. The van der Waals surface area contributed by atoms with E-state index < -0.39 is 0 Å². The Morgan fingerprint density at radius 1 is 1.53 bits per heavy atom. The highest BCUT2D eigenvalue weighted by molar-refractivity contribution is 7.80. The van der Waals surface area contributed by atoms with E-state index in [1.165, 1.54) is 0 Å². The van der Waals surface area contributed by atoms with Crippen molar-refractivity contribution in [2.75, 3.05) is 25.5 Å². The molecule has 0 radical (unpaired) electrons. The first kappa shape index (κ1) is 13.6. The minimum Gasteiger partial charge on any atom is -0.389 e. The number of amides is 1. The van der Waals surface area contributed by atoms with Crippen LogP contribution in [0.1, 0.15) is 12.5 Å². The van der Waals surface area contributed by atoms with E-state index in [9.17, 15) is 4.79 Å². The van der Waals surface area contributed by atoms with Crippen LogP contribution >= 0.6 is 12.2 Å². The van der Waals surface area contributed by atoms with Crippen LogP contribution in [0.2, 0.25) is 0 Å². The van der Waals surface area contributed by atoms with Gasteiger partial charge in [0, 0.05) is 11.3 Å². The quantitative estimate of drug-likeness (QED) is 0.772. The van der Waals surface area contributed by atoms with Gasteiger partial charge in [-0.2, -0.15) is 0 Å². The lowest BCUT2D eigenvalue weighted by Gasteiger charge is -2.13. The number of benzene rings is 1. The number of rotatable bonds is 5. The second-order valence-corrected chi connectivity index (χ2v) is 4.26. The molecule has 3 N–H and O–H groups in total. The maximum absolute atomic E-state index is 11.6. The lowest BCUT2D eigenvalue weighted by atomic mass is 10.2. The van der Waals surface area contributed by atoms with Crippen LogP contribution in [0.3, 0.4) is 0 Å². The van der Waals surface area contributed by atoms with Crippen LogP contribution in [0.15, 0.2) is 24.3 Å². The number of likely N-dealkylation sites (N-methyl/N-ethyl adjacent to an activating group) is 1. The van der Waals surface area contributed by atoms with Crippen LogP contribution in [0.4, 0.5) is 5.69 Å². The van der Waals surface area contributed by atoms with E-state index in [4.69, 9.17) is 18.0 Å². The summed E-state index contributed by atoms with van der Waals surface area (Å²) in [6, 6.07) is 7.21. The average molecular weight is 251 g/mol. The number of nitrogens with one attached hydrogen (secondary N) is 1. The Hall–Kier alpha value is -1.46. The maximum Gasteiger partial charge on any atom is 0.238 e. The molecule has 1 amide bonds. The summed E-state index contributed by atoms with van der Waals surface area (Å²) in [6.45, 7) is 3.20. The van der Waals surface area contributed by atoms with Crippen molar-refractivity contribution in [2.24, 2.45) is 5.73 Å². The molecule has 92 valence electrons. The fraction of sp³-hybridized carbons (Fsp3) is 0.333. The smallest absolute Gasteiger partial charge is 0.238 e. The van der Waals surface area contributed by atoms with E-state index in [0.29, 0.717) is 17.2 Å². The topological polar surface area (TPSA) is 58.4 Å². The highest BCUT2D eigenvalue weighted by Gasteiger charge is 2.06. The van der Waals surface area contributed by atoms with Gasteiger partial charge in [0.1, 0.15) is 4.99 Å². The molecule has 0 aliphatic heterocycles. The molecular weight excluding hydrogens is 234 g/mol. The van der Waals surface area contributed by atoms with Gasteiger partial charge in [-0.25, -0.2) is 0 Å². The second-order valence-electron chi connectivity index (χ2n) is 3.82. The minimum absolute atomic E-state index is 0.0468. The van der Waals surface area contributed by atoms with Crippen molar-refractivity contribution in [1.29, 1.82) is 0 Å². The molecule has 4 nitrogen and oxygen atoms in total. The van der Waals surface area contributed by atoms with Crippen molar-refractivity contribution < 1.29 is 4.79 Å². The van der Waals surface area contributed by atoms with Gasteiger partial charge in [-0.1, -0.05) is 31.3 Å². The number of hydrogen-bond acceptors (Lipinski definition) is 3. The molecule has 1 aromatic rings. The summed E-state index contributed by atoms with van der Waals surface area (Å²) in [4.78, 5) is 13.9. The third-order valence-corrected chi connectivity index (χ3v) is 2.62. The summed E-state index contributed by atoms with van der Waals surface area (Å²) in [5, 5.41) is 2.81. The number of carbonyl (C=O) groups excluding carboxylic acids is 1. The zero-order chi connectivity index (χ0) is 12.8. The first-order valence-electron chi connectivity index (χ1n) is 5.41. The van der Waals surface area contributed by atoms with E-state index >= 15 is 0 Å². The number of nitrogens with two attached hydrogens (primary N) is 1. The van der Waals surface area contributed by atoms with Gasteiger partial charge < -0.3 is 11.1 Å². The van der Waals surface area contributed by atoms with Crippen molar-refractivity contribution in [3.63, 3.8) is 0 Å². The second kappa shape index (κ2) is 6.32. The third-order valence-electron chi connectivity index (χ3n) is 2.38. The molecular formula is C12H17N3OS. The summed E-state index contributed by atoms with van der Waals surface area (Å²) in [7, 11) is 1.89.